The summed E-state index contributed by atoms with van der Waals surface area (Å²) < 4.78 is 0. The Hall–Kier alpha value is -0.120. The lowest BCUT2D eigenvalue weighted by Gasteiger charge is -2.32. The van der Waals surface area contributed by atoms with Gasteiger partial charge in [0, 0.05) is 12.1 Å². The molecule has 0 bridgehead atoms. The molecule has 2 rings (SSSR count). The van der Waals surface area contributed by atoms with Crippen molar-refractivity contribution >= 4 is 0 Å². The van der Waals surface area contributed by atoms with Gasteiger partial charge in [-0.1, -0.05) is 12.8 Å². The topological polar surface area (TPSA) is 49.5 Å². The average molecular weight is 212 g/mol. The minimum absolute atomic E-state index is 0.0207. The largest absolute Gasteiger partial charge is 0.395 e. The molecule has 0 aromatic heterocycles. The minimum atomic E-state index is -0.0207. The summed E-state index contributed by atoms with van der Waals surface area (Å²) in [6, 6.07) is 0.817. The summed E-state index contributed by atoms with van der Waals surface area (Å²) in [5.74, 6) is 0.962. The summed E-state index contributed by atoms with van der Waals surface area (Å²) in [5.41, 5.74) is 5.74. The normalized spacial score (nSPS) is 34.0. The van der Waals surface area contributed by atoms with E-state index in [-0.39, 0.29) is 12.6 Å². The number of nitrogens with zero attached hydrogens (tertiary/aromatic N) is 1. The van der Waals surface area contributed by atoms with Crippen LogP contribution in [0.25, 0.3) is 0 Å². The van der Waals surface area contributed by atoms with Gasteiger partial charge in [-0.05, 0) is 44.7 Å². The molecule has 0 spiro atoms. The van der Waals surface area contributed by atoms with E-state index in [0.29, 0.717) is 0 Å². The molecule has 0 aromatic rings. The second-order valence-corrected chi connectivity index (χ2v) is 5.17. The second kappa shape index (κ2) is 5.28. The number of fused-ring (bicyclic) bond motifs is 1. The molecule has 0 radical (unpaired) electrons. The van der Waals surface area contributed by atoms with Crippen LogP contribution in [0, 0.1) is 5.92 Å². The predicted octanol–water partition coefficient (Wildman–Crippen LogP) is 0.961. The summed E-state index contributed by atoms with van der Waals surface area (Å²) in [6.07, 6.45) is 8.00. The maximum Gasteiger partial charge on any atom is 0.0583 e. The lowest BCUT2D eigenvalue weighted by molar-refractivity contribution is 0.169. The Labute approximate surface area is 92.6 Å². The number of rotatable bonds is 4. The minimum Gasteiger partial charge on any atom is -0.395 e. The van der Waals surface area contributed by atoms with E-state index in [1.165, 1.54) is 38.6 Å². The van der Waals surface area contributed by atoms with E-state index < -0.39 is 0 Å². The molecule has 1 saturated carbocycles. The van der Waals surface area contributed by atoms with Crippen LogP contribution in [0.15, 0.2) is 0 Å². The third kappa shape index (κ3) is 2.71. The zero-order chi connectivity index (χ0) is 10.7. The smallest absolute Gasteiger partial charge is 0.0583 e. The molecule has 3 atom stereocenters. The quantitative estimate of drug-likeness (QED) is 0.730. The molecule has 1 heterocycles. The maximum atomic E-state index is 8.90. The van der Waals surface area contributed by atoms with Crippen LogP contribution in [0.5, 0.6) is 0 Å². The fourth-order valence-electron chi connectivity index (χ4n) is 3.20. The Kier molecular flexibility index (Phi) is 4.00. The first kappa shape index (κ1) is 11.4. The van der Waals surface area contributed by atoms with E-state index in [2.05, 4.69) is 4.90 Å². The second-order valence-electron chi connectivity index (χ2n) is 5.17. The van der Waals surface area contributed by atoms with Gasteiger partial charge in [-0.2, -0.15) is 0 Å². The summed E-state index contributed by atoms with van der Waals surface area (Å²) in [7, 11) is 0. The highest BCUT2D eigenvalue weighted by molar-refractivity contribution is 4.89. The Morgan fingerprint density at radius 2 is 2.07 bits per heavy atom. The van der Waals surface area contributed by atoms with E-state index in [1.54, 1.807) is 0 Å². The van der Waals surface area contributed by atoms with Gasteiger partial charge in [-0.15, -0.1) is 0 Å². The molecule has 3 nitrogen and oxygen atoms in total. The first-order chi connectivity index (χ1) is 7.31. The zero-order valence-electron chi connectivity index (χ0n) is 9.57. The molecular formula is C12H24N2O. The van der Waals surface area contributed by atoms with Crippen LogP contribution in [0.1, 0.15) is 38.5 Å². The molecule has 15 heavy (non-hydrogen) atoms. The lowest BCUT2D eigenvalue weighted by Crippen LogP contribution is -2.38. The van der Waals surface area contributed by atoms with Gasteiger partial charge in [-0.25, -0.2) is 0 Å². The first-order valence-corrected chi connectivity index (χ1v) is 6.41. The third-order valence-electron chi connectivity index (χ3n) is 4.15. The monoisotopic (exact) mass is 212 g/mol. The van der Waals surface area contributed by atoms with Gasteiger partial charge in [0.2, 0.25) is 0 Å². The van der Waals surface area contributed by atoms with Crippen molar-refractivity contribution < 1.29 is 5.11 Å². The summed E-state index contributed by atoms with van der Waals surface area (Å²) >= 11 is 0. The molecule has 1 saturated heterocycles. The van der Waals surface area contributed by atoms with Gasteiger partial charge < -0.3 is 15.7 Å². The van der Waals surface area contributed by atoms with Crippen LogP contribution >= 0.6 is 0 Å². The molecule has 2 aliphatic rings. The number of likely N-dealkylation sites (tertiary alicyclic amines) is 1. The molecule has 88 valence electrons. The van der Waals surface area contributed by atoms with Gasteiger partial charge in [0.15, 0.2) is 0 Å². The van der Waals surface area contributed by atoms with Crippen molar-refractivity contribution in [3.63, 3.8) is 0 Å². The van der Waals surface area contributed by atoms with Gasteiger partial charge in [0.25, 0.3) is 0 Å². The molecule has 0 amide bonds. The number of nitrogens with two attached hydrogens (primary N) is 1. The molecule has 2 fully saturated rings. The van der Waals surface area contributed by atoms with Crippen LogP contribution in [0.4, 0.5) is 0 Å². The predicted molar refractivity (Wildman–Crippen MR) is 61.6 cm³/mol. The van der Waals surface area contributed by atoms with Crippen molar-refractivity contribution in [2.24, 2.45) is 11.7 Å². The molecule has 3 N–H and O–H groups in total. The van der Waals surface area contributed by atoms with Gasteiger partial charge in [0.1, 0.15) is 0 Å². The number of aliphatic hydroxyl groups is 1. The van der Waals surface area contributed by atoms with Crippen LogP contribution < -0.4 is 5.73 Å². The number of hydrogen-bond donors (Lipinski definition) is 2. The Bertz CT molecular complexity index is 198. The standard InChI is InChI=1S/C12H24N2O/c13-11(9-15)6-8-14-7-5-10-3-1-2-4-12(10)14/h10-12,15H,1-9,13H2. The van der Waals surface area contributed by atoms with Crippen molar-refractivity contribution in [1.82, 2.24) is 4.90 Å². The third-order valence-corrected chi connectivity index (χ3v) is 4.15. The Balaban J connectivity index is 1.78. The van der Waals surface area contributed by atoms with Gasteiger partial charge in [-0.3, -0.25) is 0 Å². The highest BCUT2D eigenvalue weighted by atomic mass is 16.3. The van der Waals surface area contributed by atoms with E-state index in [0.717, 1.165) is 24.9 Å². The molecule has 0 aromatic carbocycles. The van der Waals surface area contributed by atoms with Crippen molar-refractivity contribution in [3.8, 4) is 0 Å². The number of hydrogen-bond acceptors (Lipinski definition) is 3. The summed E-state index contributed by atoms with van der Waals surface area (Å²) in [6.45, 7) is 2.47. The molecule has 3 unspecified atom stereocenters. The zero-order valence-corrected chi connectivity index (χ0v) is 9.57. The highest BCUT2D eigenvalue weighted by Gasteiger charge is 2.35. The van der Waals surface area contributed by atoms with E-state index >= 15 is 0 Å². The number of aliphatic hydroxyl groups excluding tert-OH is 1. The SMILES string of the molecule is NC(CO)CCN1CCC2CCCCC21. The highest BCUT2D eigenvalue weighted by Crippen LogP contribution is 2.35. The van der Waals surface area contributed by atoms with Crippen LogP contribution in [0.3, 0.4) is 0 Å². The van der Waals surface area contributed by atoms with Crippen molar-refractivity contribution in [2.45, 2.75) is 50.6 Å². The molecule has 3 heteroatoms. The van der Waals surface area contributed by atoms with Crippen molar-refractivity contribution in [3.05, 3.63) is 0 Å². The molecule has 1 aliphatic heterocycles. The van der Waals surface area contributed by atoms with E-state index in [9.17, 15) is 0 Å². The van der Waals surface area contributed by atoms with Crippen LogP contribution in [0.2, 0.25) is 0 Å². The maximum absolute atomic E-state index is 8.90. The Morgan fingerprint density at radius 3 is 2.87 bits per heavy atom. The van der Waals surface area contributed by atoms with Crippen LogP contribution in [-0.4, -0.2) is 41.8 Å². The average Bonchev–Trinajstić information content (AvgIpc) is 2.69. The van der Waals surface area contributed by atoms with Gasteiger partial charge >= 0.3 is 0 Å². The van der Waals surface area contributed by atoms with Crippen molar-refractivity contribution in [1.29, 1.82) is 0 Å². The molecule has 1 aliphatic carbocycles. The lowest BCUT2D eigenvalue weighted by atomic mass is 9.85. The Morgan fingerprint density at radius 1 is 1.27 bits per heavy atom. The van der Waals surface area contributed by atoms with Gasteiger partial charge in [0.05, 0.1) is 6.61 Å². The van der Waals surface area contributed by atoms with Crippen LogP contribution in [-0.2, 0) is 0 Å². The van der Waals surface area contributed by atoms with E-state index in [1.807, 2.05) is 0 Å². The van der Waals surface area contributed by atoms with Crippen molar-refractivity contribution in [2.75, 3.05) is 19.7 Å². The summed E-state index contributed by atoms with van der Waals surface area (Å²) in [5, 5.41) is 8.90. The van der Waals surface area contributed by atoms with E-state index in [4.69, 9.17) is 10.8 Å². The summed E-state index contributed by atoms with van der Waals surface area (Å²) in [4.78, 5) is 2.61. The molecular weight excluding hydrogens is 188 g/mol. The first-order valence-electron chi connectivity index (χ1n) is 6.41. The fraction of sp³-hybridized carbons (Fsp3) is 1.00. The fourth-order valence-corrected chi connectivity index (χ4v) is 3.20.